The molecule has 0 aromatic carbocycles. The van der Waals surface area contributed by atoms with E-state index in [1.807, 2.05) is 6.92 Å². The highest BCUT2D eigenvalue weighted by molar-refractivity contribution is 6.29. The molecule has 0 spiro atoms. The van der Waals surface area contributed by atoms with Crippen LogP contribution in [0.15, 0.2) is 18.3 Å². The Labute approximate surface area is 95.1 Å². The second kappa shape index (κ2) is 5.12. The predicted molar refractivity (Wildman–Crippen MR) is 61.1 cm³/mol. The molecular formula is C11H15ClN2O. The van der Waals surface area contributed by atoms with Crippen LogP contribution in [-0.4, -0.2) is 28.9 Å². The van der Waals surface area contributed by atoms with E-state index in [2.05, 4.69) is 11.9 Å². The summed E-state index contributed by atoms with van der Waals surface area (Å²) in [5.41, 5.74) is 0.571. The first kappa shape index (κ1) is 12.0. The molecule has 1 atom stereocenters. The Kier molecular flexibility index (Phi) is 4.09. The average molecular weight is 227 g/mol. The summed E-state index contributed by atoms with van der Waals surface area (Å²) in [7, 11) is 1.80. The molecular weight excluding hydrogens is 212 g/mol. The largest absolute Gasteiger partial charge is 0.339 e. The van der Waals surface area contributed by atoms with Crippen molar-refractivity contribution in [2.75, 3.05) is 7.05 Å². The monoisotopic (exact) mass is 226 g/mol. The summed E-state index contributed by atoms with van der Waals surface area (Å²) in [4.78, 5) is 17.5. The molecule has 0 N–H and O–H groups in total. The molecule has 1 aromatic rings. The topological polar surface area (TPSA) is 33.2 Å². The number of carbonyl (C=O) groups is 1. The van der Waals surface area contributed by atoms with Crippen molar-refractivity contribution in [2.24, 2.45) is 0 Å². The second-order valence-corrected chi connectivity index (χ2v) is 3.93. The molecule has 3 nitrogen and oxygen atoms in total. The van der Waals surface area contributed by atoms with Gasteiger partial charge < -0.3 is 4.90 Å². The number of amides is 1. The Balaban J connectivity index is 2.80. The SMILES string of the molecule is CCC(C)N(C)C(=O)c1ccc(Cl)nc1. The van der Waals surface area contributed by atoms with Crippen molar-refractivity contribution in [3.63, 3.8) is 0 Å². The van der Waals surface area contributed by atoms with E-state index in [0.717, 1.165) is 6.42 Å². The van der Waals surface area contributed by atoms with Crippen molar-refractivity contribution in [1.29, 1.82) is 0 Å². The molecule has 15 heavy (non-hydrogen) atoms. The third kappa shape index (κ3) is 2.93. The minimum atomic E-state index is -0.0199. The fraction of sp³-hybridized carbons (Fsp3) is 0.455. The van der Waals surface area contributed by atoms with Crippen LogP contribution in [0.1, 0.15) is 30.6 Å². The van der Waals surface area contributed by atoms with Gasteiger partial charge in [-0.15, -0.1) is 0 Å². The van der Waals surface area contributed by atoms with E-state index >= 15 is 0 Å². The minimum Gasteiger partial charge on any atom is -0.339 e. The summed E-state index contributed by atoms with van der Waals surface area (Å²) in [6.07, 6.45) is 2.44. The molecule has 4 heteroatoms. The van der Waals surface area contributed by atoms with E-state index in [1.165, 1.54) is 6.20 Å². The van der Waals surface area contributed by atoms with Crippen molar-refractivity contribution in [1.82, 2.24) is 9.88 Å². The number of pyridine rings is 1. The summed E-state index contributed by atoms with van der Waals surface area (Å²) in [6.45, 7) is 4.07. The van der Waals surface area contributed by atoms with Crippen LogP contribution in [0.25, 0.3) is 0 Å². The molecule has 0 bridgehead atoms. The zero-order valence-corrected chi connectivity index (χ0v) is 9.95. The summed E-state index contributed by atoms with van der Waals surface area (Å²) in [6, 6.07) is 3.55. The maximum absolute atomic E-state index is 11.9. The minimum absolute atomic E-state index is 0.0199. The van der Waals surface area contributed by atoms with Crippen molar-refractivity contribution >= 4 is 17.5 Å². The first-order valence-corrected chi connectivity index (χ1v) is 5.32. The standard InChI is InChI=1S/C11H15ClN2O/c1-4-8(2)14(3)11(15)9-5-6-10(12)13-7-9/h5-8H,4H2,1-3H3. The second-order valence-electron chi connectivity index (χ2n) is 3.54. The number of carbonyl (C=O) groups excluding carboxylic acids is 1. The van der Waals surface area contributed by atoms with Gasteiger partial charge in [0, 0.05) is 19.3 Å². The first-order chi connectivity index (χ1) is 7.06. The molecule has 1 amide bonds. The van der Waals surface area contributed by atoms with Gasteiger partial charge in [0.05, 0.1) is 5.56 Å². The lowest BCUT2D eigenvalue weighted by Gasteiger charge is -2.23. The zero-order valence-electron chi connectivity index (χ0n) is 9.20. The van der Waals surface area contributed by atoms with Gasteiger partial charge >= 0.3 is 0 Å². The van der Waals surface area contributed by atoms with Crippen molar-refractivity contribution in [2.45, 2.75) is 26.3 Å². The first-order valence-electron chi connectivity index (χ1n) is 4.95. The lowest BCUT2D eigenvalue weighted by atomic mass is 10.2. The van der Waals surface area contributed by atoms with Crippen molar-refractivity contribution in [3.05, 3.63) is 29.0 Å². The van der Waals surface area contributed by atoms with Crippen LogP contribution in [0, 0.1) is 0 Å². The van der Waals surface area contributed by atoms with Crippen LogP contribution >= 0.6 is 11.6 Å². The van der Waals surface area contributed by atoms with E-state index < -0.39 is 0 Å². The molecule has 0 aliphatic heterocycles. The Morgan fingerprint density at radius 1 is 1.60 bits per heavy atom. The molecule has 0 saturated carbocycles. The van der Waals surface area contributed by atoms with Gasteiger partial charge in [0.25, 0.3) is 5.91 Å². The van der Waals surface area contributed by atoms with E-state index in [9.17, 15) is 4.79 Å². The van der Waals surface area contributed by atoms with Crippen LogP contribution in [0.4, 0.5) is 0 Å². The summed E-state index contributed by atoms with van der Waals surface area (Å²) in [5, 5.41) is 0.401. The lowest BCUT2D eigenvalue weighted by molar-refractivity contribution is 0.0740. The molecule has 0 radical (unpaired) electrons. The smallest absolute Gasteiger partial charge is 0.255 e. The fourth-order valence-electron chi connectivity index (χ4n) is 1.18. The van der Waals surface area contributed by atoms with Crippen LogP contribution < -0.4 is 0 Å². The number of hydrogen-bond donors (Lipinski definition) is 0. The van der Waals surface area contributed by atoms with Crippen LogP contribution in [0.5, 0.6) is 0 Å². The van der Waals surface area contributed by atoms with Gasteiger partial charge in [-0.05, 0) is 25.5 Å². The molecule has 1 aromatic heterocycles. The van der Waals surface area contributed by atoms with Crippen LogP contribution in [-0.2, 0) is 0 Å². The maximum Gasteiger partial charge on any atom is 0.255 e. The Bertz CT molecular complexity index is 337. The maximum atomic E-state index is 11.9. The lowest BCUT2D eigenvalue weighted by Crippen LogP contribution is -2.34. The van der Waals surface area contributed by atoms with E-state index in [1.54, 1.807) is 24.1 Å². The average Bonchev–Trinajstić information content (AvgIpc) is 2.27. The predicted octanol–water partition coefficient (Wildman–Crippen LogP) is 2.61. The van der Waals surface area contributed by atoms with Gasteiger partial charge in [0.1, 0.15) is 5.15 Å². The quantitative estimate of drug-likeness (QED) is 0.743. The van der Waals surface area contributed by atoms with Crippen LogP contribution in [0.2, 0.25) is 5.15 Å². The highest BCUT2D eigenvalue weighted by Gasteiger charge is 2.15. The van der Waals surface area contributed by atoms with Gasteiger partial charge in [-0.25, -0.2) is 4.98 Å². The molecule has 0 aliphatic carbocycles. The van der Waals surface area contributed by atoms with Gasteiger partial charge in [-0.2, -0.15) is 0 Å². The third-order valence-corrected chi connectivity index (χ3v) is 2.77. The molecule has 1 rings (SSSR count). The number of hydrogen-bond acceptors (Lipinski definition) is 2. The van der Waals surface area contributed by atoms with Crippen molar-refractivity contribution in [3.8, 4) is 0 Å². The summed E-state index contributed by atoms with van der Waals surface area (Å²) < 4.78 is 0. The third-order valence-electron chi connectivity index (χ3n) is 2.55. The van der Waals surface area contributed by atoms with Crippen molar-refractivity contribution < 1.29 is 4.79 Å². The molecule has 0 saturated heterocycles. The number of aromatic nitrogens is 1. The molecule has 0 aliphatic rings. The highest BCUT2D eigenvalue weighted by Crippen LogP contribution is 2.10. The molecule has 1 heterocycles. The number of nitrogens with zero attached hydrogens (tertiary/aromatic N) is 2. The Morgan fingerprint density at radius 2 is 2.27 bits per heavy atom. The number of halogens is 1. The van der Waals surface area contributed by atoms with Gasteiger partial charge in [-0.3, -0.25) is 4.79 Å². The normalized spacial score (nSPS) is 12.3. The van der Waals surface area contributed by atoms with Gasteiger partial charge in [0.15, 0.2) is 0 Å². The van der Waals surface area contributed by atoms with Gasteiger partial charge in [0.2, 0.25) is 0 Å². The zero-order chi connectivity index (χ0) is 11.4. The van der Waals surface area contributed by atoms with E-state index in [4.69, 9.17) is 11.6 Å². The summed E-state index contributed by atoms with van der Waals surface area (Å²) >= 11 is 5.65. The Morgan fingerprint density at radius 3 is 2.73 bits per heavy atom. The highest BCUT2D eigenvalue weighted by atomic mass is 35.5. The van der Waals surface area contributed by atoms with E-state index in [0.29, 0.717) is 10.7 Å². The van der Waals surface area contributed by atoms with Crippen LogP contribution in [0.3, 0.4) is 0 Å². The van der Waals surface area contributed by atoms with Gasteiger partial charge in [-0.1, -0.05) is 18.5 Å². The molecule has 82 valence electrons. The molecule has 0 fully saturated rings. The number of rotatable bonds is 3. The molecule has 1 unspecified atom stereocenters. The fourth-order valence-corrected chi connectivity index (χ4v) is 1.29. The Hall–Kier alpha value is -1.09. The van der Waals surface area contributed by atoms with E-state index in [-0.39, 0.29) is 11.9 Å². The summed E-state index contributed by atoms with van der Waals surface area (Å²) in [5.74, 6) is -0.0199.